The predicted molar refractivity (Wildman–Crippen MR) is 105 cm³/mol. The average Bonchev–Trinajstić information content (AvgIpc) is 3.07. The first-order valence-electron chi connectivity index (χ1n) is 9.00. The minimum atomic E-state index is -0.457. The van der Waals surface area contributed by atoms with E-state index in [4.69, 9.17) is 11.6 Å². The first-order chi connectivity index (χ1) is 13.0. The standard InChI is InChI=1S/C20H20ClFN4O/c1-25-10-7-14-18(25)15(20(27)26-8-3-2-4-9-26)12-23-19(14)24-17-6-5-13(21)11-16(17)22/h5-7,10-12H,2-4,8-9H2,1H3,(H,23,24). The molecular formula is C20H20ClFN4O. The summed E-state index contributed by atoms with van der Waals surface area (Å²) in [4.78, 5) is 19.3. The Morgan fingerprint density at radius 2 is 2.00 bits per heavy atom. The van der Waals surface area contributed by atoms with Gasteiger partial charge >= 0.3 is 0 Å². The fourth-order valence-electron chi connectivity index (χ4n) is 3.56. The van der Waals surface area contributed by atoms with Crippen molar-refractivity contribution in [2.45, 2.75) is 19.3 Å². The fraction of sp³-hybridized carbons (Fsp3) is 0.300. The predicted octanol–water partition coefficient (Wildman–Crippen LogP) is 4.74. The van der Waals surface area contributed by atoms with E-state index >= 15 is 0 Å². The number of amides is 1. The molecule has 0 unspecified atom stereocenters. The zero-order chi connectivity index (χ0) is 19.0. The number of nitrogens with one attached hydrogen (secondary N) is 1. The highest BCUT2D eigenvalue weighted by Crippen LogP contribution is 2.30. The van der Waals surface area contributed by atoms with E-state index in [0.717, 1.165) is 43.3 Å². The molecule has 3 heterocycles. The lowest BCUT2D eigenvalue weighted by atomic mass is 10.1. The smallest absolute Gasteiger partial charge is 0.257 e. The monoisotopic (exact) mass is 386 g/mol. The van der Waals surface area contributed by atoms with Gasteiger partial charge in [0.15, 0.2) is 0 Å². The molecule has 0 saturated carbocycles. The maximum absolute atomic E-state index is 14.2. The number of nitrogens with zero attached hydrogens (tertiary/aromatic N) is 3. The number of benzene rings is 1. The van der Waals surface area contributed by atoms with Gasteiger partial charge in [0.25, 0.3) is 5.91 Å². The molecule has 1 aliphatic rings. The van der Waals surface area contributed by atoms with Crippen molar-refractivity contribution in [2.24, 2.45) is 7.05 Å². The zero-order valence-electron chi connectivity index (χ0n) is 15.0. The normalized spacial score (nSPS) is 14.6. The van der Waals surface area contributed by atoms with E-state index in [9.17, 15) is 9.18 Å². The van der Waals surface area contributed by atoms with Gasteiger partial charge in [0, 0.05) is 42.9 Å². The number of pyridine rings is 1. The number of hydrogen-bond donors (Lipinski definition) is 1. The van der Waals surface area contributed by atoms with E-state index in [0.29, 0.717) is 16.4 Å². The molecule has 4 rings (SSSR count). The average molecular weight is 387 g/mol. The van der Waals surface area contributed by atoms with Crippen LogP contribution >= 0.6 is 11.6 Å². The van der Waals surface area contributed by atoms with Gasteiger partial charge in [-0.3, -0.25) is 4.79 Å². The van der Waals surface area contributed by atoms with Crippen LogP contribution in [-0.2, 0) is 7.05 Å². The molecule has 1 aliphatic heterocycles. The summed E-state index contributed by atoms with van der Waals surface area (Å²) in [5.74, 6) is 0.0436. The number of carbonyl (C=O) groups excluding carboxylic acids is 1. The maximum Gasteiger partial charge on any atom is 0.257 e. The fourth-order valence-corrected chi connectivity index (χ4v) is 3.72. The first kappa shape index (κ1) is 17.8. The highest BCUT2D eigenvalue weighted by molar-refractivity contribution is 6.30. The second-order valence-corrected chi connectivity index (χ2v) is 7.25. The van der Waals surface area contributed by atoms with Gasteiger partial charge in [-0.1, -0.05) is 11.6 Å². The Labute approximate surface area is 161 Å². The molecule has 0 bridgehead atoms. The van der Waals surface area contributed by atoms with Crippen molar-refractivity contribution in [1.29, 1.82) is 0 Å². The number of carbonyl (C=O) groups is 1. The molecule has 1 aromatic carbocycles. The van der Waals surface area contributed by atoms with E-state index in [1.807, 2.05) is 28.8 Å². The SMILES string of the molecule is Cn1ccc2c(Nc3ccc(Cl)cc3F)ncc(C(=O)N3CCCCC3)c21. The molecule has 0 radical (unpaired) electrons. The van der Waals surface area contributed by atoms with Gasteiger partial charge in [0.05, 0.1) is 16.8 Å². The molecule has 0 spiro atoms. The largest absolute Gasteiger partial charge is 0.350 e. The molecule has 27 heavy (non-hydrogen) atoms. The van der Waals surface area contributed by atoms with Crippen LogP contribution in [0.1, 0.15) is 29.6 Å². The molecular weight excluding hydrogens is 367 g/mol. The lowest BCUT2D eigenvalue weighted by Crippen LogP contribution is -2.35. The van der Waals surface area contributed by atoms with E-state index in [2.05, 4.69) is 10.3 Å². The van der Waals surface area contributed by atoms with Crippen LogP contribution in [0.25, 0.3) is 10.9 Å². The van der Waals surface area contributed by atoms with Crippen LogP contribution in [0.5, 0.6) is 0 Å². The first-order valence-corrected chi connectivity index (χ1v) is 9.38. The van der Waals surface area contributed by atoms with Crippen molar-refractivity contribution < 1.29 is 9.18 Å². The number of aromatic nitrogens is 2. The Morgan fingerprint density at radius 1 is 1.22 bits per heavy atom. The van der Waals surface area contributed by atoms with Gasteiger partial charge in [-0.2, -0.15) is 0 Å². The zero-order valence-corrected chi connectivity index (χ0v) is 15.8. The number of aryl methyl sites for hydroxylation is 1. The van der Waals surface area contributed by atoms with Crippen LogP contribution in [0.4, 0.5) is 15.9 Å². The van der Waals surface area contributed by atoms with Gasteiger partial charge in [-0.25, -0.2) is 9.37 Å². The molecule has 1 fully saturated rings. The van der Waals surface area contributed by atoms with Crippen LogP contribution in [-0.4, -0.2) is 33.4 Å². The molecule has 0 aliphatic carbocycles. The molecule has 1 amide bonds. The third kappa shape index (κ3) is 3.37. The molecule has 5 nitrogen and oxygen atoms in total. The van der Waals surface area contributed by atoms with E-state index in [-0.39, 0.29) is 11.6 Å². The van der Waals surface area contributed by atoms with Crippen LogP contribution in [0.3, 0.4) is 0 Å². The molecule has 2 aromatic heterocycles. The number of likely N-dealkylation sites (tertiary alicyclic amines) is 1. The molecule has 140 valence electrons. The van der Waals surface area contributed by atoms with Gasteiger partial charge in [-0.05, 0) is 43.5 Å². The topological polar surface area (TPSA) is 50.2 Å². The number of piperidine rings is 1. The maximum atomic E-state index is 14.2. The quantitative estimate of drug-likeness (QED) is 0.707. The number of anilines is 2. The molecule has 0 atom stereocenters. The Bertz CT molecular complexity index is 1010. The summed E-state index contributed by atoms with van der Waals surface area (Å²) in [6, 6.07) is 6.32. The number of rotatable bonds is 3. The van der Waals surface area contributed by atoms with Crippen molar-refractivity contribution in [3.05, 3.63) is 53.1 Å². The third-order valence-corrected chi connectivity index (χ3v) is 5.20. The Kier molecular flexibility index (Phi) is 4.74. The van der Waals surface area contributed by atoms with Crippen LogP contribution in [0.2, 0.25) is 5.02 Å². The second-order valence-electron chi connectivity index (χ2n) is 6.81. The van der Waals surface area contributed by atoms with Crippen LogP contribution in [0.15, 0.2) is 36.7 Å². The highest BCUT2D eigenvalue weighted by Gasteiger charge is 2.23. The number of halogens is 2. The molecule has 7 heteroatoms. The van der Waals surface area contributed by atoms with E-state index in [1.54, 1.807) is 18.3 Å². The minimum Gasteiger partial charge on any atom is -0.350 e. The summed E-state index contributed by atoms with van der Waals surface area (Å²) >= 11 is 5.82. The summed E-state index contributed by atoms with van der Waals surface area (Å²) in [7, 11) is 1.89. The van der Waals surface area contributed by atoms with Gasteiger partial charge in [-0.15, -0.1) is 0 Å². The van der Waals surface area contributed by atoms with E-state index in [1.165, 1.54) is 6.07 Å². The van der Waals surface area contributed by atoms with Crippen molar-refractivity contribution >= 4 is 39.9 Å². The van der Waals surface area contributed by atoms with Crippen molar-refractivity contribution in [1.82, 2.24) is 14.5 Å². The molecule has 1 N–H and O–H groups in total. The number of hydrogen-bond acceptors (Lipinski definition) is 3. The van der Waals surface area contributed by atoms with Gasteiger partial charge in [0.1, 0.15) is 11.6 Å². The molecule has 3 aromatic rings. The summed E-state index contributed by atoms with van der Waals surface area (Å²) < 4.78 is 16.1. The lowest BCUT2D eigenvalue weighted by molar-refractivity contribution is 0.0725. The Morgan fingerprint density at radius 3 is 2.74 bits per heavy atom. The molecule has 1 saturated heterocycles. The summed E-state index contributed by atoms with van der Waals surface area (Å²) in [6.07, 6.45) is 6.69. The summed E-state index contributed by atoms with van der Waals surface area (Å²) in [5, 5.41) is 4.12. The Hall–Kier alpha value is -2.60. The number of fused-ring (bicyclic) bond motifs is 1. The minimum absolute atomic E-state index is 0.00164. The lowest BCUT2D eigenvalue weighted by Gasteiger charge is -2.27. The van der Waals surface area contributed by atoms with Crippen molar-refractivity contribution in [3.63, 3.8) is 0 Å². The van der Waals surface area contributed by atoms with Crippen molar-refractivity contribution in [3.8, 4) is 0 Å². The highest BCUT2D eigenvalue weighted by atomic mass is 35.5. The van der Waals surface area contributed by atoms with Crippen LogP contribution in [0, 0.1) is 5.82 Å². The summed E-state index contributed by atoms with van der Waals surface area (Å²) in [6.45, 7) is 1.56. The van der Waals surface area contributed by atoms with Gasteiger partial charge < -0.3 is 14.8 Å². The van der Waals surface area contributed by atoms with Crippen molar-refractivity contribution in [2.75, 3.05) is 18.4 Å². The van der Waals surface area contributed by atoms with Crippen LogP contribution < -0.4 is 5.32 Å². The summed E-state index contributed by atoms with van der Waals surface area (Å²) in [5.41, 5.74) is 1.64. The van der Waals surface area contributed by atoms with E-state index < -0.39 is 5.82 Å². The second kappa shape index (κ2) is 7.19. The Balaban J connectivity index is 1.73. The third-order valence-electron chi connectivity index (χ3n) is 4.96. The van der Waals surface area contributed by atoms with Gasteiger partial charge in [0.2, 0.25) is 0 Å².